The van der Waals surface area contributed by atoms with E-state index in [1.54, 1.807) is 7.11 Å². The van der Waals surface area contributed by atoms with Crippen molar-refractivity contribution in [1.29, 1.82) is 0 Å². The molecular weight excluding hydrogens is 206 g/mol. The lowest BCUT2D eigenvalue weighted by molar-refractivity contribution is -0.136. The summed E-state index contributed by atoms with van der Waals surface area (Å²) in [6, 6.07) is 7.96. The van der Waals surface area contributed by atoms with Crippen LogP contribution in [0.5, 0.6) is 0 Å². The molecule has 0 saturated carbocycles. The van der Waals surface area contributed by atoms with Crippen molar-refractivity contribution in [3.8, 4) is 0 Å². The van der Waals surface area contributed by atoms with Gasteiger partial charge in [0.05, 0.1) is 13.0 Å². The number of ether oxygens (including phenoxy) is 1. The van der Waals surface area contributed by atoms with Gasteiger partial charge in [0.2, 0.25) is 0 Å². The van der Waals surface area contributed by atoms with Gasteiger partial charge < -0.3 is 15.2 Å². The van der Waals surface area contributed by atoms with Crippen molar-refractivity contribution in [2.24, 2.45) is 0 Å². The van der Waals surface area contributed by atoms with E-state index in [-0.39, 0.29) is 6.42 Å². The number of aliphatic carboxylic acids is 1. The number of nitrogens with one attached hydrogen (secondary N) is 1. The molecule has 4 nitrogen and oxygen atoms in total. The molecule has 0 atom stereocenters. The summed E-state index contributed by atoms with van der Waals surface area (Å²) >= 11 is 0. The Morgan fingerprint density at radius 3 is 2.69 bits per heavy atom. The topological polar surface area (TPSA) is 58.6 Å². The smallest absolute Gasteiger partial charge is 0.304 e. The number of carboxylic acids is 1. The van der Waals surface area contributed by atoms with E-state index in [0.29, 0.717) is 19.7 Å². The summed E-state index contributed by atoms with van der Waals surface area (Å²) in [5, 5.41) is 11.6. The van der Waals surface area contributed by atoms with Crippen LogP contribution in [-0.4, -0.2) is 24.7 Å². The fourth-order valence-corrected chi connectivity index (χ4v) is 1.44. The third-order valence-corrected chi connectivity index (χ3v) is 2.25. The number of benzene rings is 1. The molecule has 1 rings (SSSR count). The molecule has 4 heteroatoms. The zero-order valence-electron chi connectivity index (χ0n) is 9.40. The van der Waals surface area contributed by atoms with Gasteiger partial charge in [-0.1, -0.05) is 24.3 Å². The first-order valence-electron chi connectivity index (χ1n) is 5.22. The number of hydrogen-bond acceptors (Lipinski definition) is 3. The largest absolute Gasteiger partial charge is 0.481 e. The van der Waals surface area contributed by atoms with E-state index >= 15 is 0 Å². The Morgan fingerprint density at radius 2 is 2.06 bits per heavy atom. The van der Waals surface area contributed by atoms with Gasteiger partial charge >= 0.3 is 5.97 Å². The second-order valence-corrected chi connectivity index (χ2v) is 3.52. The lowest BCUT2D eigenvalue weighted by atomic mass is 10.1. The second-order valence-electron chi connectivity index (χ2n) is 3.52. The Labute approximate surface area is 95.2 Å². The highest BCUT2D eigenvalue weighted by Crippen LogP contribution is 2.09. The molecule has 0 spiro atoms. The van der Waals surface area contributed by atoms with Crippen LogP contribution in [0.2, 0.25) is 0 Å². The molecule has 0 aromatic heterocycles. The Balaban J connectivity index is 2.43. The van der Waals surface area contributed by atoms with Crippen LogP contribution in [0.4, 0.5) is 0 Å². The molecule has 16 heavy (non-hydrogen) atoms. The van der Waals surface area contributed by atoms with E-state index in [2.05, 4.69) is 5.32 Å². The van der Waals surface area contributed by atoms with Crippen molar-refractivity contribution in [3.05, 3.63) is 35.4 Å². The summed E-state index contributed by atoms with van der Waals surface area (Å²) in [5.41, 5.74) is 2.28. The number of hydrogen-bond donors (Lipinski definition) is 2. The number of methoxy groups -OCH3 is 1. The van der Waals surface area contributed by atoms with E-state index in [1.165, 1.54) is 0 Å². The Hall–Kier alpha value is -1.39. The van der Waals surface area contributed by atoms with Gasteiger partial charge in [0.25, 0.3) is 0 Å². The molecule has 0 radical (unpaired) electrons. The molecule has 0 fully saturated rings. The van der Waals surface area contributed by atoms with Crippen LogP contribution in [0, 0.1) is 0 Å². The van der Waals surface area contributed by atoms with Crippen molar-refractivity contribution < 1.29 is 14.6 Å². The Kier molecular flexibility index (Phi) is 5.53. The van der Waals surface area contributed by atoms with Crippen LogP contribution in [0.1, 0.15) is 17.5 Å². The summed E-state index contributed by atoms with van der Waals surface area (Å²) in [6.07, 6.45) is 0.145. The molecule has 0 bridgehead atoms. The maximum Gasteiger partial charge on any atom is 0.304 e. The van der Waals surface area contributed by atoms with Crippen LogP contribution in [0.15, 0.2) is 24.3 Å². The summed E-state index contributed by atoms with van der Waals surface area (Å²) in [4.78, 5) is 10.3. The summed E-state index contributed by atoms with van der Waals surface area (Å²) in [6.45, 7) is 1.74. The van der Waals surface area contributed by atoms with Gasteiger partial charge in [-0.15, -0.1) is 0 Å². The normalized spacial score (nSPS) is 10.3. The summed E-state index contributed by atoms with van der Waals surface area (Å²) in [7, 11) is 1.66. The van der Waals surface area contributed by atoms with Crippen LogP contribution < -0.4 is 5.32 Å². The SMILES string of the molecule is COCc1ccccc1CNCCC(=O)O. The molecule has 0 saturated heterocycles. The van der Waals surface area contributed by atoms with Crippen LogP contribution in [-0.2, 0) is 22.7 Å². The van der Waals surface area contributed by atoms with Crippen molar-refractivity contribution in [2.75, 3.05) is 13.7 Å². The minimum absolute atomic E-state index is 0.145. The number of carboxylic acid groups (broad SMARTS) is 1. The van der Waals surface area contributed by atoms with Crippen molar-refractivity contribution >= 4 is 5.97 Å². The number of rotatable bonds is 7. The van der Waals surface area contributed by atoms with Gasteiger partial charge in [-0.2, -0.15) is 0 Å². The van der Waals surface area contributed by atoms with Crippen LogP contribution in [0.3, 0.4) is 0 Å². The molecule has 1 aromatic carbocycles. The summed E-state index contributed by atoms with van der Waals surface area (Å²) in [5.74, 6) is -0.780. The zero-order chi connectivity index (χ0) is 11.8. The van der Waals surface area contributed by atoms with Crippen molar-refractivity contribution in [3.63, 3.8) is 0 Å². The zero-order valence-corrected chi connectivity index (χ0v) is 9.40. The highest BCUT2D eigenvalue weighted by atomic mass is 16.5. The third-order valence-electron chi connectivity index (χ3n) is 2.25. The summed E-state index contributed by atoms with van der Waals surface area (Å²) < 4.78 is 5.09. The van der Waals surface area contributed by atoms with Gasteiger partial charge in [0.15, 0.2) is 0 Å². The molecule has 0 amide bonds. The molecule has 0 heterocycles. The average molecular weight is 223 g/mol. The lowest BCUT2D eigenvalue weighted by Crippen LogP contribution is -2.18. The van der Waals surface area contributed by atoms with E-state index in [9.17, 15) is 4.79 Å². The van der Waals surface area contributed by atoms with Crippen LogP contribution >= 0.6 is 0 Å². The monoisotopic (exact) mass is 223 g/mol. The Morgan fingerprint density at radius 1 is 1.38 bits per heavy atom. The van der Waals surface area contributed by atoms with E-state index in [4.69, 9.17) is 9.84 Å². The molecule has 88 valence electrons. The molecular formula is C12H17NO3. The van der Waals surface area contributed by atoms with Crippen molar-refractivity contribution in [1.82, 2.24) is 5.32 Å². The highest BCUT2D eigenvalue weighted by Gasteiger charge is 2.01. The predicted octanol–water partition coefficient (Wildman–Crippen LogP) is 1.40. The van der Waals surface area contributed by atoms with E-state index < -0.39 is 5.97 Å². The molecule has 1 aromatic rings. The van der Waals surface area contributed by atoms with Gasteiger partial charge in [-0.05, 0) is 11.1 Å². The molecule has 2 N–H and O–H groups in total. The molecule has 0 aliphatic carbocycles. The van der Waals surface area contributed by atoms with Crippen LogP contribution in [0.25, 0.3) is 0 Å². The second kappa shape index (κ2) is 6.98. The van der Waals surface area contributed by atoms with Gasteiger partial charge in [-0.25, -0.2) is 0 Å². The van der Waals surface area contributed by atoms with Gasteiger partial charge in [-0.3, -0.25) is 4.79 Å². The van der Waals surface area contributed by atoms with Crippen molar-refractivity contribution in [2.45, 2.75) is 19.6 Å². The first-order chi connectivity index (χ1) is 7.74. The van der Waals surface area contributed by atoms with Gasteiger partial charge in [0, 0.05) is 20.2 Å². The fraction of sp³-hybridized carbons (Fsp3) is 0.417. The number of carbonyl (C=O) groups is 1. The maximum absolute atomic E-state index is 10.3. The predicted molar refractivity (Wildman–Crippen MR) is 61.1 cm³/mol. The molecule has 0 aliphatic rings. The quantitative estimate of drug-likeness (QED) is 0.686. The highest BCUT2D eigenvalue weighted by molar-refractivity contribution is 5.66. The minimum atomic E-state index is -0.780. The fourth-order valence-electron chi connectivity index (χ4n) is 1.44. The first-order valence-corrected chi connectivity index (χ1v) is 5.22. The standard InChI is InChI=1S/C12H17NO3/c1-16-9-11-5-3-2-4-10(11)8-13-7-6-12(14)15/h2-5,13H,6-9H2,1H3,(H,14,15). The van der Waals surface area contributed by atoms with Gasteiger partial charge in [0.1, 0.15) is 0 Å². The van der Waals surface area contributed by atoms with E-state index in [1.807, 2.05) is 24.3 Å². The Bertz CT molecular complexity index is 339. The minimum Gasteiger partial charge on any atom is -0.481 e. The first kappa shape index (κ1) is 12.7. The third kappa shape index (κ3) is 4.42. The molecule has 0 unspecified atom stereocenters. The average Bonchev–Trinajstić information content (AvgIpc) is 2.26. The lowest BCUT2D eigenvalue weighted by Gasteiger charge is -2.09. The maximum atomic E-state index is 10.3. The van der Waals surface area contributed by atoms with E-state index in [0.717, 1.165) is 11.1 Å². The molecule has 0 aliphatic heterocycles.